The van der Waals surface area contributed by atoms with E-state index >= 15 is 0 Å². The van der Waals surface area contributed by atoms with Crippen LogP contribution in [0.1, 0.15) is 33.3 Å². The van der Waals surface area contributed by atoms with Crippen LogP contribution in [0.25, 0.3) is 0 Å². The van der Waals surface area contributed by atoms with E-state index in [4.69, 9.17) is 10.8 Å². The highest BCUT2D eigenvalue weighted by molar-refractivity contribution is 5.52. The average molecular weight is 183 g/mol. The molecule has 2 nitrogen and oxygen atoms in total. The molecule has 1 rings (SSSR count). The normalized spacial score (nSPS) is 7.46. The highest BCUT2D eigenvalue weighted by Crippen LogP contribution is 2.19. The van der Waals surface area contributed by atoms with Crippen LogP contribution in [0.3, 0.4) is 0 Å². The van der Waals surface area contributed by atoms with Crippen LogP contribution in [-0.2, 0) is 0 Å². The summed E-state index contributed by atoms with van der Waals surface area (Å²) < 4.78 is 0. The van der Waals surface area contributed by atoms with E-state index in [1.54, 1.807) is 12.1 Å². The summed E-state index contributed by atoms with van der Waals surface area (Å²) in [7, 11) is 0. The minimum Gasteiger partial charge on any atom is -0.506 e. The van der Waals surface area contributed by atoms with E-state index in [-0.39, 0.29) is 5.75 Å². The summed E-state index contributed by atoms with van der Waals surface area (Å²) in [5, 5.41) is 8.92. The molecule has 0 radical (unpaired) electrons. The van der Waals surface area contributed by atoms with Crippen molar-refractivity contribution in [3.63, 3.8) is 0 Å². The zero-order valence-electron chi connectivity index (χ0n) is 9.26. The van der Waals surface area contributed by atoms with Crippen LogP contribution in [0.15, 0.2) is 18.2 Å². The molecular formula is C11H21NO. The van der Waals surface area contributed by atoms with Gasteiger partial charge < -0.3 is 10.8 Å². The van der Waals surface area contributed by atoms with E-state index in [1.807, 2.05) is 40.7 Å². The molecule has 0 atom stereocenters. The van der Waals surface area contributed by atoms with Crippen LogP contribution in [0.4, 0.5) is 5.69 Å². The number of phenols is 1. The van der Waals surface area contributed by atoms with Crippen molar-refractivity contribution in [2.24, 2.45) is 0 Å². The molecule has 2 heteroatoms. The molecule has 0 saturated heterocycles. The van der Waals surface area contributed by atoms with Gasteiger partial charge in [0.15, 0.2) is 0 Å². The summed E-state index contributed by atoms with van der Waals surface area (Å²) in [6.45, 7) is 9.93. The minimum absolute atomic E-state index is 0.153. The highest BCUT2D eigenvalue weighted by Gasteiger charge is 1.92. The van der Waals surface area contributed by atoms with Gasteiger partial charge in [0.2, 0.25) is 0 Å². The van der Waals surface area contributed by atoms with Gasteiger partial charge in [0.1, 0.15) is 5.75 Å². The monoisotopic (exact) mass is 183 g/mol. The third-order valence-corrected chi connectivity index (χ3v) is 1.18. The van der Waals surface area contributed by atoms with Crippen LogP contribution >= 0.6 is 0 Å². The van der Waals surface area contributed by atoms with Crippen molar-refractivity contribution in [1.29, 1.82) is 0 Å². The predicted molar refractivity (Wildman–Crippen MR) is 60.0 cm³/mol. The van der Waals surface area contributed by atoms with E-state index in [2.05, 4.69) is 0 Å². The second-order valence-electron chi connectivity index (χ2n) is 2.06. The van der Waals surface area contributed by atoms with Crippen molar-refractivity contribution < 1.29 is 5.11 Å². The molecule has 0 aliphatic rings. The molecule has 1 aromatic rings. The Bertz CT molecular complexity index is 221. The lowest BCUT2D eigenvalue weighted by Gasteiger charge is -1.97. The third-order valence-electron chi connectivity index (χ3n) is 1.18. The van der Waals surface area contributed by atoms with Gasteiger partial charge in [-0.3, -0.25) is 0 Å². The molecule has 1 aromatic carbocycles. The Morgan fingerprint density at radius 1 is 1.08 bits per heavy atom. The number of nitrogen functional groups attached to an aromatic ring is 1. The van der Waals surface area contributed by atoms with Crippen molar-refractivity contribution in [2.75, 3.05) is 5.73 Å². The Kier molecular flexibility index (Phi) is 9.84. The van der Waals surface area contributed by atoms with Gasteiger partial charge in [-0.1, -0.05) is 33.8 Å². The fraction of sp³-hybridized carbons (Fsp3) is 0.455. The standard InChI is InChI=1S/C7H9NO.2C2H6/c1-5-2-3-7(9)6(8)4-5;2*1-2/h2-4,9H,8H2,1H3;2*1-2H3. The van der Waals surface area contributed by atoms with Crippen LogP contribution in [0, 0.1) is 6.92 Å². The molecule has 0 aliphatic heterocycles. The minimum atomic E-state index is 0.153. The molecule has 0 heterocycles. The van der Waals surface area contributed by atoms with E-state index in [1.165, 1.54) is 0 Å². The maximum absolute atomic E-state index is 8.92. The molecule has 13 heavy (non-hydrogen) atoms. The third kappa shape index (κ3) is 6.02. The molecule has 0 saturated carbocycles. The largest absolute Gasteiger partial charge is 0.506 e. The average Bonchev–Trinajstić information content (AvgIpc) is 2.18. The van der Waals surface area contributed by atoms with Crippen molar-refractivity contribution in [1.82, 2.24) is 0 Å². The van der Waals surface area contributed by atoms with Gasteiger partial charge in [0.05, 0.1) is 5.69 Å². The predicted octanol–water partition coefficient (Wildman–Crippen LogP) is 3.34. The second-order valence-corrected chi connectivity index (χ2v) is 2.06. The topological polar surface area (TPSA) is 46.2 Å². The number of hydrogen-bond donors (Lipinski definition) is 2. The molecule has 0 amide bonds. The maximum atomic E-state index is 8.92. The lowest BCUT2D eigenvalue weighted by molar-refractivity contribution is 0.478. The van der Waals surface area contributed by atoms with E-state index in [0.717, 1.165) is 5.56 Å². The summed E-state index contributed by atoms with van der Waals surface area (Å²) in [6.07, 6.45) is 0. The van der Waals surface area contributed by atoms with Gasteiger partial charge in [0, 0.05) is 0 Å². The number of hydrogen-bond acceptors (Lipinski definition) is 2. The first-order chi connectivity index (χ1) is 6.20. The van der Waals surface area contributed by atoms with Gasteiger partial charge in [-0.2, -0.15) is 0 Å². The van der Waals surface area contributed by atoms with E-state index in [9.17, 15) is 0 Å². The SMILES string of the molecule is CC.CC.Cc1ccc(O)c(N)c1. The van der Waals surface area contributed by atoms with Gasteiger partial charge in [-0.05, 0) is 24.6 Å². The number of nitrogens with two attached hydrogens (primary N) is 1. The number of phenolic OH excluding ortho intramolecular Hbond substituents is 1. The maximum Gasteiger partial charge on any atom is 0.138 e. The Morgan fingerprint density at radius 3 is 1.85 bits per heavy atom. The molecule has 0 aromatic heterocycles. The lowest BCUT2D eigenvalue weighted by Crippen LogP contribution is -1.85. The lowest BCUT2D eigenvalue weighted by atomic mass is 10.2. The van der Waals surface area contributed by atoms with Gasteiger partial charge in [-0.15, -0.1) is 0 Å². The van der Waals surface area contributed by atoms with E-state index in [0.29, 0.717) is 5.69 Å². The zero-order valence-corrected chi connectivity index (χ0v) is 9.26. The van der Waals surface area contributed by atoms with Crippen LogP contribution in [-0.4, -0.2) is 5.11 Å². The summed E-state index contributed by atoms with van der Waals surface area (Å²) in [4.78, 5) is 0. The first-order valence-electron chi connectivity index (χ1n) is 4.75. The number of aromatic hydroxyl groups is 1. The Morgan fingerprint density at radius 2 is 1.54 bits per heavy atom. The summed E-state index contributed by atoms with van der Waals surface area (Å²) in [5.74, 6) is 0.153. The van der Waals surface area contributed by atoms with Gasteiger partial charge >= 0.3 is 0 Å². The number of benzene rings is 1. The Balaban J connectivity index is 0. The first kappa shape index (κ1) is 14.3. The molecule has 0 fully saturated rings. The molecule has 0 spiro atoms. The molecule has 3 N–H and O–H groups in total. The summed E-state index contributed by atoms with van der Waals surface area (Å²) in [5.41, 5.74) is 6.87. The Hall–Kier alpha value is -1.18. The fourth-order valence-electron chi connectivity index (χ4n) is 0.674. The van der Waals surface area contributed by atoms with Crippen LogP contribution in [0.2, 0.25) is 0 Å². The smallest absolute Gasteiger partial charge is 0.138 e. The van der Waals surface area contributed by atoms with Crippen LogP contribution < -0.4 is 5.73 Å². The van der Waals surface area contributed by atoms with Crippen molar-refractivity contribution >= 4 is 5.69 Å². The molecule has 0 aliphatic carbocycles. The molecule has 0 bridgehead atoms. The molecular weight excluding hydrogens is 162 g/mol. The van der Waals surface area contributed by atoms with Gasteiger partial charge in [0.25, 0.3) is 0 Å². The highest BCUT2D eigenvalue weighted by atomic mass is 16.3. The first-order valence-corrected chi connectivity index (χ1v) is 4.75. The van der Waals surface area contributed by atoms with Crippen LogP contribution in [0.5, 0.6) is 5.75 Å². The summed E-state index contributed by atoms with van der Waals surface area (Å²) in [6, 6.07) is 5.13. The Labute approximate surface area is 81.4 Å². The number of rotatable bonds is 0. The van der Waals surface area contributed by atoms with E-state index < -0.39 is 0 Å². The summed E-state index contributed by atoms with van der Waals surface area (Å²) >= 11 is 0. The van der Waals surface area contributed by atoms with Gasteiger partial charge in [-0.25, -0.2) is 0 Å². The van der Waals surface area contributed by atoms with Crippen molar-refractivity contribution in [3.8, 4) is 5.75 Å². The van der Waals surface area contributed by atoms with Crippen molar-refractivity contribution in [3.05, 3.63) is 23.8 Å². The number of aryl methyl sites for hydroxylation is 1. The molecule has 76 valence electrons. The second kappa shape index (κ2) is 8.91. The number of anilines is 1. The van der Waals surface area contributed by atoms with Crippen molar-refractivity contribution in [2.45, 2.75) is 34.6 Å². The fourth-order valence-corrected chi connectivity index (χ4v) is 0.674. The quantitative estimate of drug-likeness (QED) is 0.478. The zero-order chi connectivity index (χ0) is 10.9. The molecule has 0 unspecified atom stereocenters.